The number of H-pyrrole nitrogens is 2. The van der Waals surface area contributed by atoms with E-state index >= 15 is 0 Å². The summed E-state index contributed by atoms with van der Waals surface area (Å²) in [4.78, 5) is 24.4. The molecule has 0 unspecified atom stereocenters. The number of nitrogens with zero attached hydrogens (tertiary/aromatic N) is 6. The van der Waals surface area contributed by atoms with Crippen molar-refractivity contribution in [3.63, 3.8) is 0 Å². The molecule has 6 rings (SSSR count). The highest BCUT2D eigenvalue weighted by Gasteiger charge is 2.20. The monoisotopic (exact) mass is 465 g/mol. The van der Waals surface area contributed by atoms with Gasteiger partial charge in [-0.1, -0.05) is 13.5 Å². The van der Waals surface area contributed by atoms with Crippen molar-refractivity contribution in [2.24, 2.45) is 0 Å². The van der Waals surface area contributed by atoms with Crippen molar-refractivity contribution in [2.45, 2.75) is 32.6 Å². The molecule has 0 radical (unpaired) electrons. The number of hydrogen-bond donors (Lipinski definition) is 3. The fourth-order valence-electron chi connectivity index (χ4n) is 4.57. The SMILES string of the molecule is C=C(CC)Nc1cncc(-c2cc3c(-c4nc5c(N6CCCCC6)nccc5[nH]4)n[nH]c3cn2)c1. The van der Waals surface area contributed by atoms with E-state index in [9.17, 15) is 0 Å². The van der Waals surface area contributed by atoms with Gasteiger partial charge in [0, 0.05) is 42.1 Å². The van der Waals surface area contributed by atoms with Crippen molar-refractivity contribution in [3.05, 3.63) is 55.3 Å². The Kier molecular flexibility index (Phi) is 5.36. The van der Waals surface area contributed by atoms with Gasteiger partial charge in [-0.3, -0.25) is 15.1 Å². The van der Waals surface area contributed by atoms with Crippen molar-refractivity contribution < 1.29 is 0 Å². The van der Waals surface area contributed by atoms with Crippen LogP contribution < -0.4 is 10.2 Å². The number of hydrogen-bond acceptors (Lipinski definition) is 7. The average Bonchev–Trinajstić information content (AvgIpc) is 3.53. The van der Waals surface area contributed by atoms with Crippen LogP contribution in [-0.4, -0.2) is 48.2 Å². The van der Waals surface area contributed by atoms with Crippen molar-refractivity contribution in [1.29, 1.82) is 0 Å². The smallest absolute Gasteiger partial charge is 0.159 e. The fourth-order valence-corrected chi connectivity index (χ4v) is 4.57. The Balaban J connectivity index is 1.39. The summed E-state index contributed by atoms with van der Waals surface area (Å²) >= 11 is 0. The summed E-state index contributed by atoms with van der Waals surface area (Å²) in [6.07, 6.45) is 11.7. The third-order valence-electron chi connectivity index (χ3n) is 6.49. The van der Waals surface area contributed by atoms with Gasteiger partial charge < -0.3 is 15.2 Å². The van der Waals surface area contributed by atoms with Crippen molar-refractivity contribution >= 4 is 33.4 Å². The minimum Gasteiger partial charge on any atom is -0.358 e. The number of imidazole rings is 1. The number of piperidine rings is 1. The minimum absolute atomic E-state index is 0.711. The molecule has 5 aromatic rings. The molecule has 35 heavy (non-hydrogen) atoms. The van der Waals surface area contributed by atoms with Crippen LogP contribution in [0, 0.1) is 0 Å². The molecule has 3 N–H and O–H groups in total. The van der Waals surface area contributed by atoms with E-state index in [1.807, 2.05) is 30.6 Å². The van der Waals surface area contributed by atoms with E-state index in [0.717, 1.165) is 75.6 Å². The Morgan fingerprint density at radius 1 is 1.09 bits per heavy atom. The van der Waals surface area contributed by atoms with Gasteiger partial charge in [0.05, 0.1) is 34.8 Å². The maximum Gasteiger partial charge on any atom is 0.159 e. The van der Waals surface area contributed by atoms with E-state index in [1.165, 1.54) is 19.3 Å². The molecular weight excluding hydrogens is 438 g/mol. The second-order valence-electron chi connectivity index (χ2n) is 8.90. The molecule has 176 valence electrons. The molecule has 0 spiro atoms. The normalized spacial score (nSPS) is 14.0. The number of allylic oxidation sites excluding steroid dienone is 1. The molecule has 5 aromatic heterocycles. The Morgan fingerprint density at radius 3 is 2.83 bits per heavy atom. The van der Waals surface area contributed by atoms with Gasteiger partial charge >= 0.3 is 0 Å². The van der Waals surface area contributed by atoms with E-state index in [-0.39, 0.29) is 0 Å². The predicted molar refractivity (Wildman–Crippen MR) is 139 cm³/mol. The van der Waals surface area contributed by atoms with E-state index in [0.29, 0.717) is 5.82 Å². The second-order valence-corrected chi connectivity index (χ2v) is 8.90. The molecule has 9 nitrogen and oxygen atoms in total. The van der Waals surface area contributed by atoms with Crippen LogP contribution in [0.2, 0.25) is 0 Å². The molecule has 1 aliphatic rings. The summed E-state index contributed by atoms with van der Waals surface area (Å²) in [6.45, 7) is 8.11. The molecule has 0 bridgehead atoms. The van der Waals surface area contributed by atoms with Gasteiger partial charge in [0.15, 0.2) is 11.6 Å². The highest BCUT2D eigenvalue weighted by atomic mass is 15.2. The lowest BCUT2D eigenvalue weighted by Gasteiger charge is -2.27. The van der Waals surface area contributed by atoms with E-state index in [1.54, 1.807) is 12.4 Å². The molecule has 0 aliphatic carbocycles. The van der Waals surface area contributed by atoms with Crippen LogP contribution in [0.3, 0.4) is 0 Å². The highest BCUT2D eigenvalue weighted by Crippen LogP contribution is 2.32. The lowest BCUT2D eigenvalue weighted by atomic mass is 10.1. The van der Waals surface area contributed by atoms with Gasteiger partial charge in [0.2, 0.25) is 0 Å². The Morgan fingerprint density at radius 2 is 1.97 bits per heavy atom. The number of rotatable bonds is 6. The molecule has 0 amide bonds. The van der Waals surface area contributed by atoms with Crippen LogP contribution in [0.15, 0.2) is 55.3 Å². The van der Waals surface area contributed by atoms with Crippen LogP contribution in [0.4, 0.5) is 11.5 Å². The van der Waals surface area contributed by atoms with E-state index in [4.69, 9.17) is 4.98 Å². The van der Waals surface area contributed by atoms with Gasteiger partial charge in [-0.2, -0.15) is 5.10 Å². The summed E-state index contributed by atoms with van der Waals surface area (Å²) in [6, 6.07) is 6.02. The standard InChI is InChI=1S/C26H27N9/c1-3-16(2)30-18-11-17(13-27-14-18)21-12-19-22(15-29-21)33-34-23(19)25-31-20-7-8-28-26(24(20)32-25)35-9-5-4-6-10-35/h7-8,11-15,30H,2-6,9-10H2,1H3,(H,31,32)(H,33,34). The Bertz CT molecular complexity index is 1520. The minimum atomic E-state index is 0.711. The molecular formula is C26H27N9. The molecule has 1 fully saturated rings. The molecule has 0 saturated carbocycles. The fraction of sp³-hybridized carbons (Fsp3) is 0.269. The first-order valence-electron chi connectivity index (χ1n) is 12.0. The lowest BCUT2D eigenvalue weighted by molar-refractivity contribution is 0.574. The van der Waals surface area contributed by atoms with Crippen LogP contribution in [-0.2, 0) is 0 Å². The average molecular weight is 466 g/mol. The van der Waals surface area contributed by atoms with Gasteiger partial charge in [-0.15, -0.1) is 0 Å². The van der Waals surface area contributed by atoms with Crippen molar-refractivity contribution in [1.82, 2.24) is 35.1 Å². The van der Waals surface area contributed by atoms with Gasteiger partial charge in [-0.05, 0) is 43.9 Å². The Hall–Kier alpha value is -4.27. The number of aromatic nitrogens is 7. The first-order chi connectivity index (χ1) is 17.2. The zero-order valence-electron chi connectivity index (χ0n) is 19.7. The molecule has 0 aromatic carbocycles. The maximum atomic E-state index is 4.94. The first kappa shape index (κ1) is 21.3. The van der Waals surface area contributed by atoms with Crippen LogP contribution >= 0.6 is 0 Å². The number of anilines is 2. The summed E-state index contributed by atoms with van der Waals surface area (Å²) in [5.41, 5.74) is 6.99. The van der Waals surface area contributed by atoms with Crippen molar-refractivity contribution in [2.75, 3.05) is 23.3 Å². The first-order valence-corrected chi connectivity index (χ1v) is 12.0. The van der Waals surface area contributed by atoms with Crippen LogP contribution in [0.25, 0.3) is 44.7 Å². The number of pyridine rings is 3. The maximum absolute atomic E-state index is 4.94. The van der Waals surface area contributed by atoms with Gasteiger partial charge in [-0.25, -0.2) is 9.97 Å². The number of aromatic amines is 2. The largest absolute Gasteiger partial charge is 0.358 e. The van der Waals surface area contributed by atoms with Gasteiger partial charge in [0.25, 0.3) is 0 Å². The molecule has 1 aliphatic heterocycles. The summed E-state index contributed by atoms with van der Waals surface area (Å²) < 4.78 is 0. The predicted octanol–water partition coefficient (Wildman–Crippen LogP) is 5.28. The Labute approximate surface area is 202 Å². The van der Waals surface area contributed by atoms with Gasteiger partial charge in [0.1, 0.15) is 11.2 Å². The molecule has 0 atom stereocenters. The summed E-state index contributed by atoms with van der Waals surface area (Å²) in [5.74, 6) is 1.65. The lowest BCUT2D eigenvalue weighted by Crippen LogP contribution is -2.30. The molecule has 6 heterocycles. The number of nitrogens with one attached hydrogen (secondary N) is 3. The van der Waals surface area contributed by atoms with E-state index < -0.39 is 0 Å². The highest BCUT2D eigenvalue weighted by molar-refractivity contribution is 5.96. The van der Waals surface area contributed by atoms with Crippen LogP contribution in [0.5, 0.6) is 0 Å². The topological polar surface area (TPSA) is 111 Å². The second kappa shape index (κ2) is 8.83. The zero-order valence-corrected chi connectivity index (χ0v) is 19.7. The third kappa shape index (κ3) is 3.99. The molecule has 9 heteroatoms. The quantitative estimate of drug-likeness (QED) is 0.313. The third-order valence-corrected chi connectivity index (χ3v) is 6.49. The van der Waals surface area contributed by atoms with Crippen LogP contribution in [0.1, 0.15) is 32.6 Å². The molecule has 1 saturated heterocycles. The zero-order chi connectivity index (χ0) is 23.8. The van der Waals surface area contributed by atoms with Crippen molar-refractivity contribution in [3.8, 4) is 22.8 Å². The van der Waals surface area contributed by atoms with E-state index in [2.05, 4.69) is 53.9 Å². The summed E-state index contributed by atoms with van der Waals surface area (Å²) in [5, 5.41) is 11.9. The number of fused-ring (bicyclic) bond motifs is 2. The summed E-state index contributed by atoms with van der Waals surface area (Å²) in [7, 11) is 0.